The van der Waals surface area contributed by atoms with E-state index in [-0.39, 0.29) is 23.0 Å². The van der Waals surface area contributed by atoms with Crippen molar-refractivity contribution in [2.45, 2.75) is 78.6 Å². The second-order valence-electron chi connectivity index (χ2n) is 20.8. The first-order chi connectivity index (χ1) is 30.7. The fraction of sp³-hybridized carbons (Fsp3) is 0.200. The number of para-hydroxylation sites is 2. The molecule has 2 heterocycles. The third kappa shape index (κ3) is 6.25. The quantitative estimate of drug-likeness (QED) is 0.160. The molecule has 0 spiro atoms. The predicted octanol–water partition coefficient (Wildman–Crippen LogP) is 14.4. The summed E-state index contributed by atoms with van der Waals surface area (Å²) >= 11 is 0. The zero-order chi connectivity index (χ0) is 44.3. The Hall–Kier alpha value is -6.78. The molecule has 11 rings (SSSR count). The number of anilines is 9. The number of fused-ring (bicyclic) bond motifs is 7. The van der Waals surface area contributed by atoms with Crippen molar-refractivity contribution in [3.63, 3.8) is 0 Å². The number of hydrogen-bond acceptors (Lipinski definition) is 3. The molecule has 0 fully saturated rings. The van der Waals surface area contributed by atoms with E-state index in [0.29, 0.717) is 0 Å². The summed E-state index contributed by atoms with van der Waals surface area (Å²) in [6.45, 7) is 20.9. The van der Waals surface area contributed by atoms with Crippen LogP contribution < -0.4 is 31.1 Å². The standard InChI is InChI=1S/C60H56BN3/c1-39-34-55-57-56(35-39)64(45-29-31-50-48(37-45)47-22-16-17-23-49(47)60(50,8)9)54-38-46(62(42-18-12-10-13-19-42)43-20-14-11-15-21-43)30-32-51(54)61(57)52-36-41(59(5,6)7)26-33-53(52)63(55)44-27-24-40(25-28-44)58(2,3)4/h10-38H,1-9H3. The monoisotopic (exact) mass is 829 g/mol. The Bertz CT molecular complexity index is 3080. The molecule has 3 nitrogen and oxygen atoms in total. The van der Waals surface area contributed by atoms with E-state index < -0.39 is 0 Å². The van der Waals surface area contributed by atoms with Crippen molar-refractivity contribution in [2.24, 2.45) is 0 Å². The zero-order valence-electron chi connectivity index (χ0n) is 38.7. The van der Waals surface area contributed by atoms with Gasteiger partial charge in [0, 0.05) is 56.6 Å². The van der Waals surface area contributed by atoms with E-state index in [1.165, 1.54) is 83.8 Å². The Morgan fingerprint density at radius 1 is 0.438 bits per heavy atom. The van der Waals surface area contributed by atoms with Crippen LogP contribution in [0.1, 0.15) is 83.2 Å². The number of hydrogen-bond donors (Lipinski definition) is 0. The highest BCUT2D eigenvalue weighted by atomic mass is 15.2. The molecule has 0 unspecified atom stereocenters. The van der Waals surface area contributed by atoms with Crippen LogP contribution in [0.3, 0.4) is 0 Å². The van der Waals surface area contributed by atoms with Gasteiger partial charge in [0.2, 0.25) is 0 Å². The van der Waals surface area contributed by atoms with Crippen LogP contribution in [0, 0.1) is 6.92 Å². The number of benzene rings is 8. The van der Waals surface area contributed by atoms with E-state index in [2.05, 4.69) is 253 Å². The lowest BCUT2D eigenvalue weighted by molar-refractivity contribution is 0.590. The van der Waals surface area contributed by atoms with E-state index in [4.69, 9.17) is 0 Å². The first-order valence-electron chi connectivity index (χ1n) is 23.0. The van der Waals surface area contributed by atoms with Crippen LogP contribution in [0.5, 0.6) is 0 Å². The van der Waals surface area contributed by atoms with Crippen molar-refractivity contribution in [1.82, 2.24) is 0 Å². The Labute approximate surface area is 380 Å². The van der Waals surface area contributed by atoms with Crippen molar-refractivity contribution in [2.75, 3.05) is 14.7 Å². The lowest BCUT2D eigenvalue weighted by atomic mass is 9.33. The summed E-state index contributed by atoms with van der Waals surface area (Å²) in [5, 5.41) is 0. The van der Waals surface area contributed by atoms with Crippen LogP contribution in [0.2, 0.25) is 0 Å². The lowest BCUT2D eigenvalue weighted by Gasteiger charge is -2.45. The number of rotatable bonds is 5. The molecule has 0 saturated heterocycles. The summed E-state index contributed by atoms with van der Waals surface area (Å²) in [4.78, 5) is 7.53. The van der Waals surface area contributed by atoms with Gasteiger partial charge < -0.3 is 14.7 Å². The minimum atomic E-state index is -0.0889. The van der Waals surface area contributed by atoms with Crippen LogP contribution in [-0.4, -0.2) is 6.71 Å². The maximum absolute atomic E-state index is 2.59. The van der Waals surface area contributed by atoms with Gasteiger partial charge in [0.25, 0.3) is 6.71 Å². The van der Waals surface area contributed by atoms with Crippen molar-refractivity contribution >= 4 is 74.3 Å². The van der Waals surface area contributed by atoms with Gasteiger partial charge in [-0.2, -0.15) is 0 Å². The fourth-order valence-electron chi connectivity index (χ4n) is 10.8. The van der Waals surface area contributed by atoms with E-state index in [9.17, 15) is 0 Å². The van der Waals surface area contributed by atoms with E-state index >= 15 is 0 Å². The predicted molar refractivity (Wildman–Crippen MR) is 275 cm³/mol. The molecule has 1 aliphatic carbocycles. The normalized spacial score (nSPS) is 14.4. The van der Waals surface area contributed by atoms with Gasteiger partial charge in [-0.05, 0) is 152 Å². The highest BCUT2D eigenvalue weighted by molar-refractivity contribution is 7.00. The third-order valence-electron chi connectivity index (χ3n) is 14.2. The van der Waals surface area contributed by atoms with Crippen LogP contribution in [-0.2, 0) is 16.2 Å². The molecule has 0 aromatic heterocycles. The SMILES string of the molecule is Cc1cc2c3c(c1)N(c1ccc4c(c1)-c1ccccc1C4(C)C)c1cc(N(c4ccccc4)c4ccccc4)ccc1B3c1cc(C(C)(C)C)ccc1N2c1ccc(C(C)(C)C)cc1. The van der Waals surface area contributed by atoms with Crippen LogP contribution in [0.15, 0.2) is 176 Å². The maximum Gasteiger partial charge on any atom is 0.252 e. The number of aryl methyl sites for hydroxylation is 1. The van der Waals surface area contributed by atoms with Gasteiger partial charge >= 0.3 is 0 Å². The summed E-state index contributed by atoms with van der Waals surface area (Å²) in [5.74, 6) is 0. The van der Waals surface area contributed by atoms with Crippen LogP contribution in [0.25, 0.3) is 11.1 Å². The van der Waals surface area contributed by atoms with Gasteiger partial charge in [-0.15, -0.1) is 0 Å². The molecule has 8 aromatic carbocycles. The van der Waals surface area contributed by atoms with Gasteiger partial charge in [0.05, 0.1) is 0 Å². The molecular weight excluding hydrogens is 773 g/mol. The van der Waals surface area contributed by atoms with Gasteiger partial charge in [0.15, 0.2) is 0 Å². The average molecular weight is 830 g/mol. The largest absolute Gasteiger partial charge is 0.311 e. The van der Waals surface area contributed by atoms with Crippen LogP contribution in [0.4, 0.5) is 51.2 Å². The first-order valence-corrected chi connectivity index (χ1v) is 23.0. The van der Waals surface area contributed by atoms with Crippen molar-refractivity contribution < 1.29 is 0 Å². The third-order valence-corrected chi connectivity index (χ3v) is 14.2. The van der Waals surface area contributed by atoms with Gasteiger partial charge in [0.1, 0.15) is 0 Å². The van der Waals surface area contributed by atoms with Crippen molar-refractivity contribution in [3.8, 4) is 11.1 Å². The highest BCUT2D eigenvalue weighted by Gasteiger charge is 2.45. The molecular formula is C60H56BN3. The molecule has 314 valence electrons. The summed E-state index contributed by atoms with van der Waals surface area (Å²) in [7, 11) is 0. The minimum Gasteiger partial charge on any atom is -0.311 e. The van der Waals surface area contributed by atoms with Crippen molar-refractivity contribution in [3.05, 3.63) is 204 Å². The molecule has 0 amide bonds. The second-order valence-corrected chi connectivity index (χ2v) is 20.8. The minimum absolute atomic E-state index is 0.00397. The van der Waals surface area contributed by atoms with Crippen molar-refractivity contribution in [1.29, 1.82) is 0 Å². The summed E-state index contributed by atoms with van der Waals surface area (Å²) < 4.78 is 0. The highest BCUT2D eigenvalue weighted by Crippen LogP contribution is 2.52. The molecule has 0 bridgehead atoms. The summed E-state index contributed by atoms with van der Waals surface area (Å²) in [6.07, 6.45) is 0. The fourth-order valence-corrected chi connectivity index (χ4v) is 10.8. The Balaban J connectivity index is 1.21. The molecule has 3 aliphatic rings. The van der Waals surface area contributed by atoms with Gasteiger partial charge in [-0.25, -0.2) is 0 Å². The lowest BCUT2D eigenvalue weighted by Crippen LogP contribution is -2.61. The maximum atomic E-state index is 2.59. The van der Waals surface area contributed by atoms with Crippen LogP contribution >= 0.6 is 0 Å². The molecule has 0 N–H and O–H groups in total. The van der Waals surface area contributed by atoms with Gasteiger partial charge in [-0.1, -0.05) is 152 Å². The summed E-state index contributed by atoms with van der Waals surface area (Å²) in [5.41, 5.74) is 23.8. The Morgan fingerprint density at radius 2 is 1.00 bits per heavy atom. The smallest absolute Gasteiger partial charge is 0.252 e. The molecule has 8 aromatic rings. The Kier molecular flexibility index (Phi) is 8.99. The average Bonchev–Trinajstić information content (AvgIpc) is 3.51. The van der Waals surface area contributed by atoms with E-state index in [0.717, 1.165) is 22.7 Å². The molecule has 0 radical (unpaired) electrons. The summed E-state index contributed by atoms with van der Waals surface area (Å²) in [6, 6.07) is 66.5. The van der Waals surface area contributed by atoms with Gasteiger partial charge in [-0.3, -0.25) is 0 Å². The Morgan fingerprint density at radius 3 is 1.64 bits per heavy atom. The van der Waals surface area contributed by atoms with E-state index in [1.807, 2.05) is 0 Å². The first kappa shape index (κ1) is 40.0. The molecule has 64 heavy (non-hydrogen) atoms. The molecule has 0 atom stereocenters. The second kappa shape index (κ2) is 14.4. The molecule has 0 saturated carbocycles. The topological polar surface area (TPSA) is 9.72 Å². The zero-order valence-corrected chi connectivity index (χ0v) is 38.7. The molecule has 4 heteroatoms. The number of nitrogens with zero attached hydrogens (tertiary/aromatic N) is 3. The molecule has 2 aliphatic heterocycles. The van der Waals surface area contributed by atoms with E-state index in [1.54, 1.807) is 0 Å².